The summed E-state index contributed by atoms with van der Waals surface area (Å²) in [5, 5.41) is 13.5. The van der Waals surface area contributed by atoms with E-state index in [1.807, 2.05) is 12.4 Å². The number of aryl methyl sites for hydroxylation is 1. The van der Waals surface area contributed by atoms with Gasteiger partial charge < -0.3 is 10.4 Å². The van der Waals surface area contributed by atoms with Crippen molar-refractivity contribution in [3.8, 4) is 0 Å². The number of β-amino-alcohol motifs (C(OH)–C–C–N with tert-alkyl or cyclic N) is 1. The maximum atomic E-state index is 10.2. The Balaban J connectivity index is 1.72. The Bertz CT molecular complexity index is 378. The van der Waals surface area contributed by atoms with Gasteiger partial charge in [-0.1, -0.05) is 0 Å². The van der Waals surface area contributed by atoms with E-state index in [2.05, 4.69) is 27.1 Å². The molecule has 0 radical (unpaired) electrons. The third-order valence-corrected chi connectivity index (χ3v) is 4.38. The molecule has 1 atom stereocenters. The molecule has 0 saturated carbocycles. The Kier molecular flexibility index (Phi) is 5.72. The molecule has 1 unspecified atom stereocenters. The highest BCUT2D eigenvalue weighted by atomic mass is 32.1. The molecule has 19 heavy (non-hydrogen) atoms. The number of hydrogen-bond donors (Lipinski definition) is 2. The Hall–Kier alpha value is -0.530. The summed E-state index contributed by atoms with van der Waals surface area (Å²) in [6.07, 6.45) is -0.281. The standard InChI is InChI=1S/C13H24N4OS/c1-11-13(19-10-15-11)9-16(2)7-12(18)8-17-5-3-14-4-6-17/h10,12,14,18H,3-9H2,1-2H3. The minimum atomic E-state index is -0.281. The number of aromatic nitrogens is 1. The van der Waals surface area contributed by atoms with E-state index in [9.17, 15) is 5.11 Å². The molecule has 0 amide bonds. The maximum absolute atomic E-state index is 10.2. The van der Waals surface area contributed by atoms with Gasteiger partial charge in [0, 0.05) is 50.7 Å². The van der Waals surface area contributed by atoms with Gasteiger partial charge in [0.05, 0.1) is 17.3 Å². The zero-order chi connectivity index (χ0) is 13.7. The smallest absolute Gasteiger partial charge is 0.0798 e. The van der Waals surface area contributed by atoms with Crippen LogP contribution in [-0.4, -0.2) is 72.3 Å². The van der Waals surface area contributed by atoms with Crippen molar-refractivity contribution in [2.24, 2.45) is 0 Å². The Morgan fingerprint density at radius 3 is 2.89 bits per heavy atom. The molecule has 2 heterocycles. The van der Waals surface area contributed by atoms with Gasteiger partial charge in [-0.05, 0) is 14.0 Å². The van der Waals surface area contributed by atoms with Gasteiger partial charge in [-0.25, -0.2) is 4.98 Å². The fraction of sp³-hybridized carbons (Fsp3) is 0.769. The first-order chi connectivity index (χ1) is 9.15. The Morgan fingerprint density at radius 1 is 1.53 bits per heavy atom. The van der Waals surface area contributed by atoms with E-state index in [4.69, 9.17) is 0 Å². The van der Waals surface area contributed by atoms with Crippen LogP contribution in [0.5, 0.6) is 0 Å². The lowest BCUT2D eigenvalue weighted by molar-refractivity contribution is 0.0754. The average Bonchev–Trinajstić information content (AvgIpc) is 2.76. The number of nitrogens with one attached hydrogen (secondary N) is 1. The summed E-state index contributed by atoms with van der Waals surface area (Å²) in [7, 11) is 2.06. The van der Waals surface area contributed by atoms with Gasteiger partial charge in [0.25, 0.3) is 0 Å². The number of likely N-dealkylation sites (N-methyl/N-ethyl adjacent to an activating group) is 1. The van der Waals surface area contributed by atoms with E-state index in [0.717, 1.165) is 45.0 Å². The lowest BCUT2D eigenvalue weighted by Crippen LogP contribution is -2.47. The van der Waals surface area contributed by atoms with Crippen LogP contribution in [0, 0.1) is 6.92 Å². The molecule has 1 aromatic heterocycles. The fourth-order valence-electron chi connectivity index (χ4n) is 2.40. The first kappa shape index (κ1) is 14.9. The maximum Gasteiger partial charge on any atom is 0.0798 e. The van der Waals surface area contributed by atoms with Crippen molar-refractivity contribution in [2.45, 2.75) is 19.6 Å². The monoisotopic (exact) mass is 284 g/mol. The van der Waals surface area contributed by atoms with Crippen LogP contribution in [0.4, 0.5) is 0 Å². The average molecular weight is 284 g/mol. The minimum absolute atomic E-state index is 0.281. The van der Waals surface area contributed by atoms with Gasteiger partial charge in [-0.3, -0.25) is 9.80 Å². The molecule has 1 aromatic rings. The number of aliphatic hydroxyl groups excluding tert-OH is 1. The lowest BCUT2D eigenvalue weighted by atomic mass is 10.2. The third kappa shape index (κ3) is 4.81. The van der Waals surface area contributed by atoms with Gasteiger partial charge in [-0.2, -0.15) is 0 Å². The summed E-state index contributed by atoms with van der Waals surface area (Å²) in [6, 6.07) is 0. The van der Waals surface area contributed by atoms with Crippen molar-refractivity contribution in [3.05, 3.63) is 16.1 Å². The number of piperazine rings is 1. The van der Waals surface area contributed by atoms with E-state index < -0.39 is 0 Å². The number of nitrogens with zero attached hydrogens (tertiary/aromatic N) is 3. The Labute approximate surface area is 119 Å². The summed E-state index contributed by atoms with van der Waals surface area (Å²) in [4.78, 5) is 10.0. The molecule has 0 spiro atoms. The molecule has 5 nitrogen and oxygen atoms in total. The molecule has 6 heteroatoms. The van der Waals surface area contributed by atoms with Gasteiger partial charge in [0.15, 0.2) is 0 Å². The molecule has 0 bridgehead atoms. The van der Waals surface area contributed by atoms with Gasteiger partial charge in [0.1, 0.15) is 0 Å². The van der Waals surface area contributed by atoms with Crippen LogP contribution in [0.3, 0.4) is 0 Å². The van der Waals surface area contributed by atoms with Crippen LogP contribution in [-0.2, 0) is 6.54 Å². The summed E-state index contributed by atoms with van der Waals surface area (Å²) in [5.74, 6) is 0. The molecule has 2 rings (SSSR count). The van der Waals surface area contributed by atoms with Crippen LogP contribution < -0.4 is 5.32 Å². The van der Waals surface area contributed by atoms with Gasteiger partial charge in [0.2, 0.25) is 0 Å². The fourth-order valence-corrected chi connectivity index (χ4v) is 3.25. The van der Waals surface area contributed by atoms with Crippen LogP contribution in [0.25, 0.3) is 0 Å². The van der Waals surface area contributed by atoms with E-state index in [1.54, 1.807) is 11.3 Å². The second-order valence-corrected chi connectivity index (χ2v) is 6.20. The summed E-state index contributed by atoms with van der Waals surface area (Å²) < 4.78 is 0. The van der Waals surface area contributed by atoms with Crippen LogP contribution in [0.15, 0.2) is 5.51 Å². The van der Waals surface area contributed by atoms with Crippen molar-refractivity contribution in [2.75, 3.05) is 46.3 Å². The molecule has 1 aliphatic heterocycles. The number of hydrogen-bond acceptors (Lipinski definition) is 6. The van der Waals surface area contributed by atoms with Crippen molar-refractivity contribution >= 4 is 11.3 Å². The minimum Gasteiger partial charge on any atom is -0.390 e. The zero-order valence-corrected chi connectivity index (χ0v) is 12.6. The lowest BCUT2D eigenvalue weighted by Gasteiger charge is -2.30. The summed E-state index contributed by atoms with van der Waals surface area (Å²) >= 11 is 1.69. The van der Waals surface area contributed by atoms with E-state index in [0.29, 0.717) is 6.54 Å². The van der Waals surface area contributed by atoms with Gasteiger partial charge >= 0.3 is 0 Å². The molecular weight excluding hydrogens is 260 g/mol. The van der Waals surface area contributed by atoms with E-state index in [1.165, 1.54) is 4.88 Å². The van der Waals surface area contributed by atoms with Crippen LogP contribution >= 0.6 is 11.3 Å². The Morgan fingerprint density at radius 2 is 2.26 bits per heavy atom. The quantitative estimate of drug-likeness (QED) is 0.779. The van der Waals surface area contributed by atoms with E-state index >= 15 is 0 Å². The highest BCUT2D eigenvalue weighted by Crippen LogP contribution is 2.14. The molecule has 1 fully saturated rings. The predicted octanol–water partition coefficient (Wildman–Crippen LogP) is 0.149. The molecule has 1 saturated heterocycles. The molecule has 108 valence electrons. The number of thiazole rings is 1. The molecule has 0 aliphatic carbocycles. The summed E-state index contributed by atoms with van der Waals surface area (Å²) in [6.45, 7) is 8.52. The SMILES string of the molecule is Cc1ncsc1CN(C)CC(O)CN1CCNCC1. The third-order valence-electron chi connectivity index (χ3n) is 3.46. The molecule has 2 N–H and O–H groups in total. The van der Waals surface area contributed by atoms with Crippen molar-refractivity contribution in [3.63, 3.8) is 0 Å². The van der Waals surface area contributed by atoms with E-state index in [-0.39, 0.29) is 6.10 Å². The second kappa shape index (κ2) is 7.31. The first-order valence-electron chi connectivity index (χ1n) is 6.84. The highest BCUT2D eigenvalue weighted by Gasteiger charge is 2.16. The largest absolute Gasteiger partial charge is 0.390 e. The zero-order valence-electron chi connectivity index (χ0n) is 11.8. The molecular formula is C13H24N4OS. The van der Waals surface area contributed by atoms with Crippen molar-refractivity contribution in [1.29, 1.82) is 0 Å². The van der Waals surface area contributed by atoms with Crippen molar-refractivity contribution in [1.82, 2.24) is 20.1 Å². The second-order valence-electron chi connectivity index (χ2n) is 5.26. The number of rotatable bonds is 6. The highest BCUT2D eigenvalue weighted by molar-refractivity contribution is 7.09. The molecule has 0 aromatic carbocycles. The summed E-state index contributed by atoms with van der Waals surface area (Å²) in [5.41, 5.74) is 2.99. The topological polar surface area (TPSA) is 51.6 Å². The van der Waals surface area contributed by atoms with Crippen molar-refractivity contribution < 1.29 is 5.11 Å². The predicted molar refractivity (Wildman–Crippen MR) is 78.5 cm³/mol. The van der Waals surface area contributed by atoms with Gasteiger partial charge in [-0.15, -0.1) is 11.3 Å². The normalized spacial score (nSPS) is 18.9. The van der Waals surface area contributed by atoms with Crippen LogP contribution in [0.1, 0.15) is 10.6 Å². The molecule has 1 aliphatic rings. The van der Waals surface area contributed by atoms with Crippen LogP contribution in [0.2, 0.25) is 0 Å². The number of aliphatic hydroxyl groups is 1. The first-order valence-corrected chi connectivity index (χ1v) is 7.71.